The molecule has 4 heavy (non-hydrogen) atoms. The summed E-state index contributed by atoms with van der Waals surface area (Å²) in [7, 11) is 0. The normalized spacial score (nSPS) is 0.750. The van der Waals surface area contributed by atoms with Crippen LogP contribution in [0.3, 0.4) is 0 Å². The standard InChI is InChI=1S/Al.Ca.FH.O.3H/h;;1H;;;;/q;+2;;;;2*-1. The van der Waals surface area contributed by atoms with Crippen LogP contribution < -0.4 is 0 Å². The first kappa shape index (κ1) is 17.8. The number of hydrogen-bond donors (Lipinski definition) is 0. The Hall–Kier alpha value is 1.52. The van der Waals surface area contributed by atoms with E-state index in [1.54, 1.807) is 0 Å². The van der Waals surface area contributed by atoms with Crippen molar-refractivity contribution in [1.29, 1.82) is 0 Å². The molecule has 0 aromatic carbocycles. The van der Waals surface area contributed by atoms with E-state index < -0.39 is 0 Å². The Kier molecular flexibility index (Phi) is 107. The molecular formula is H4AlCaFO. The van der Waals surface area contributed by atoms with Crippen LogP contribution in [0.2, 0.25) is 0 Å². The summed E-state index contributed by atoms with van der Waals surface area (Å²) in [5, 5.41) is 0. The third-order valence-electron chi connectivity index (χ3n) is 0. The number of rotatable bonds is 0. The van der Waals surface area contributed by atoms with Gasteiger partial charge in [-0.2, -0.15) is 0 Å². The first-order chi connectivity index (χ1) is 1.00. The van der Waals surface area contributed by atoms with E-state index in [1.807, 2.05) is 0 Å². The Morgan fingerprint density at radius 3 is 1.50 bits per heavy atom. The van der Waals surface area contributed by atoms with Gasteiger partial charge in [-0.3, -0.25) is 4.70 Å². The molecular weight excluding hydrogens is 102 g/mol. The van der Waals surface area contributed by atoms with Gasteiger partial charge in [0, 0.05) is 0 Å². The molecule has 0 N–H and O–H groups in total. The summed E-state index contributed by atoms with van der Waals surface area (Å²) in [6.45, 7) is 0. The fraction of sp³-hybridized carbons (Fsp3) is 0. The molecule has 0 amide bonds. The summed E-state index contributed by atoms with van der Waals surface area (Å²) in [5.74, 6) is 0. The summed E-state index contributed by atoms with van der Waals surface area (Å²) >= 11 is 0.611. The van der Waals surface area contributed by atoms with Crippen LogP contribution in [0, 0.1) is 0 Å². The fourth-order valence-corrected chi connectivity index (χ4v) is 0. The summed E-state index contributed by atoms with van der Waals surface area (Å²) in [6.07, 6.45) is 0. The monoisotopic (exact) mass is 106 g/mol. The summed E-state index contributed by atoms with van der Waals surface area (Å²) < 4.78 is 8.28. The molecule has 0 aliphatic rings. The van der Waals surface area contributed by atoms with Gasteiger partial charge in [0.15, 0.2) is 0 Å². The molecule has 0 heterocycles. The van der Waals surface area contributed by atoms with Crippen LogP contribution in [0.4, 0.5) is 4.70 Å². The second-order valence-electron chi connectivity index (χ2n) is 0. The van der Waals surface area contributed by atoms with E-state index in [0.29, 0.717) is 16.2 Å². The van der Waals surface area contributed by atoms with Crippen LogP contribution in [0.15, 0.2) is 0 Å². The van der Waals surface area contributed by atoms with Crippen molar-refractivity contribution in [3.05, 3.63) is 0 Å². The van der Waals surface area contributed by atoms with Crippen LogP contribution in [0.25, 0.3) is 0 Å². The maximum absolute atomic E-state index is 8.28. The Morgan fingerprint density at radius 1 is 1.50 bits per heavy atom. The molecule has 0 atom stereocenters. The predicted octanol–water partition coefficient (Wildman–Crippen LogP) is -0.771. The molecule has 0 aromatic heterocycles. The molecule has 0 spiro atoms. The summed E-state index contributed by atoms with van der Waals surface area (Å²) in [5.41, 5.74) is 0. The molecule has 0 radical (unpaired) electrons. The van der Waals surface area contributed by atoms with Gasteiger partial charge in [-0.1, -0.05) is 0 Å². The molecule has 0 saturated heterocycles. The Bertz CT molecular complexity index is 13.5. The van der Waals surface area contributed by atoms with E-state index in [-0.39, 0.29) is 45.3 Å². The van der Waals surface area contributed by atoms with Crippen molar-refractivity contribution >= 4 is 54.0 Å². The third-order valence-corrected chi connectivity index (χ3v) is 0. The Labute approximate surface area is 64.7 Å². The minimum absolute atomic E-state index is 0. The van der Waals surface area contributed by atoms with Gasteiger partial charge in [0.25, 0.3) is 0 Å². The Morgan fingerprint density at radius 2 is 1.50 bits per heavy atom. The molecule has 0 saturated carbocycles. The molecule has 0 aliphatic carbocycles. The van der Waals surface area contributed by atoms with E-state index in [1.165, 1.54) is 0 Å². The molecule has 0 aliphatic heterocycles. The van der Waals surface area contributed by atoms with Crippen molar-refractivity contribution in [2.24, 2.45) is 0 Å². The van der Waals surface area contributed by atoms with Crippen LogP contribution >= 0.6 is 0 Å². The van der Waals surface area contributed by atoms with E-state index in [4.69, 9.17) is 3.80 Å². The van der Waals surface area contributed by atoms with Gasteiger partial charge in [0.1, 0.15) is 0 Å². The maximum atomic E-state index is 8.28. The minimum atomic E-state index is 0. The molecule has 0 fully saturated rings. The SMILES string of the molecule is F.[Ca+2].[H-].[H-].[O]=[AlH]. The number of halogens is 1. The fourth-order valence-electron chi connectivity index (χ4n) is 0. The van der Waals surface area contributed by atoms with Crippen LogP contribution in [-0.4, -0.2) is 54.0 Å². The van der Waals surface area contributed by atoms with Gasteiger partial charge in [-0.05, 0) is 0 Å². The average molecular weight is 106 g/mol. The molecule has 4 heteroatoms. The van der Waals surface area contributed by atoms with Gasteiger partial charge in [0.05, 0.1) is 0 Å². The second kappa shape index (κ2) is 24.2. The first-order valence-electron chi connectivity index (χ1n) is 0.289. The van der Waals surface area contributed by atoms with Crippen molar-refractivity contribution in [3.8, 4) is 0 Å². The molecule has 22 valence electrons. The van der Waals surface area contributed by atoms with E-state index in [2.05, 4.69) is 0 Å². The van der Waals surface area contributed by atoms with Gasteiger partial charge >= 0.3 is 57.8 Å². The zero-order valence-electron chi connectivity index (χ0n) is 4.23. The van der Waals surface area contributed by atoms with E-state index in [9.17, 15) is 0 Å². The van der Waals surface area contributed by atoms with Gasteiger partial charge in [-0.25, -0.2) is 0 Å². The average Bonchev–Trinajstić information content (AvgIpc) is 1.00. The van der Waals surface area contributed by atoms with Crippen LogP contribution in [0.1, 0.15) is 2.85 Å². The van der Waals surface area contributed by atoms with Crippen LogP contribution in [0.5, 0.6) is 0 Å². The molecule has 0 aromatic rings. The molecule has 0 unspecified atom stereocenters. The topological polar surface area (TPSA) is 17.1 Å². The van der Waals surface area contributed by atoms with Crippen molar-refractivity contribution in [2.45, 2.75) is 0 Å². The molecule has 0 bridgehead atoms. The van der Waals surface area contributed by atoms with Crippen molar-refractivity contribution < 1.29 is 11.4 Å². The van der Waals surface area contributed by atoms with Crippen LogP contribution in [-0.2, 0) is 3.80 Å². The molecule has 0 rings (SSSR count). The first-order valence-corrected chi connectivity index (χ1v) is 0.866. The summed E-state index contributed by atoms with van der Waals surface area (Å²) in [4.78, 5) is 0. The molecule has 1 nitrogen and oxygen atoms in total. The van der Waals surface area contributed by atoms with Gasteiger partial charge < -0.3 is 2.85 Å². The zero-order valence-corrected chi connectivity index (χ0v) is 5.85. The van der Waals surface area contributed by atoms with Gasteiger partial charge in [0.2, 0.25) is 0 Å². The second-order valence-corrected chi connectivity index (χ2v) is 0. The van der Waals surface area contributed by atoms with Crippen molar-refractivity contribution in [3.63, 3.8) is 0 Å². The Balaban J connectivity index is -0.000000000833. The zero-order chi connectivity index (χ0) is 2.00. The number of hydrogen-bond acceptors (Lipinski definition) is 1. The van der Waals surface area contributed by atoms with E-state index in [0.717, 1.165) is 0 Å². The quantitative estimate of drug-likeness (QED) is 0.370. The van der Waals surface area contributed by atoms with Crippen molar-refractivity contribution in [2.75, 3.05) is 0 Å². The van der Waals surface area contributed by atoms with Crippen molar-refractivity contribution in [1.82, 2.24) is 0 Å². The van der Waals surface area contributed by atoms with Gasteiger partial charge in [-0.15, -0.1) is 0 Å². The predicted molar refractivity (Wildman–Crippen MR) is 18.3 cm³/mol. The third kappa shape index (κ3) is 9.67. The summed E-state index contributed by atoms with van der Waals surface area (Å²) in [6, 6.07) is 0. The van der Waals surface area contributed by atoms with E-state index >= 15 is 0 Å².